The summed E-state index contributed by atoms with van der Waals surface area (Å²) in [7, 11) is 0. The average molecular weight is 174 g/mol. The number of rotatable bonds is 2. The Morgan fingerprint density at radius 1 is 1.15 bits per heavy atom. The number of benzene rings is 1. The number of hydrogen-bond acceptors (Lipinski definition) is 3. The highest BCUT2D eigenvalue weighted by Gasteiger charge is 2.08. The van der Waals surface area contributed by atoms with Gasteiger partial charge in [0.05, 0.1) is 0 Å². The molecule has 0 aliphatic heterocycles. The second-order valence-corrected chi connectivity index (χ2v) is 2.78. The van der Waals surface area contributed by atoms with E-state index < -0.39 is 0 Å². The van der Waals surface area contributed by atoms with Gasteiger partial charge in [0.25, 0.3) is 0 Å². The molecular weight excluding hydrogens is 164 g/mol. The Kier molecular flexibility index (Phi) is 2.08. The van der Waals surface area contributed by atoms with E-state index in [1.165, 1.54) is 0 Å². The van der Waals surface area contributed by atoms with Crippen molar-refractivity contribution in [1.29, 1.82) is 0 Å². The summed E-state index contributed by atoms with van der Waals surface area (Å²) in [5.74, 6) is 0. The molecule has 0 unspecified atom stereocenters. The molecule has 0 aliphatic rings. The molecule has 66 valence electrons. The fraction of sp³-hybridized carbons (Fsp3) is 0.200. The van der Waals surface area contributed by atoms with Crippen molar-refractivity contribution in [3.05, 3.63) is 36.0 Å². The van der Waals surface area contributed by atoms with Gasteiger partial charge < -0.3 is 0 Å². The molecule has 1 aromatic heterocycles. The van der Waals surface area contributed by atoms with E-state index in [1.54, 1.807) is 0 Å². The summed E-state index contributed by atoms with van der Waals surface area (Å²) in [5.41, 5.74) is 2.81. The van der Waals surface area contributed by atoms with Crippen LogP contribution in [0.25, 0.3) is 11.3 Å². The minimum Gasteiger partial charge on any atom is -0.244 e. The van der Waals surface area contributed by atoms with E-state index in [1.807, 2.05) is 37.3 Å². The average Bonchev–Trinajstić information content (AvgIpc) is 2.67. The number of hydrogen-bond donors (Lipinski definition) is 0. The van der Waals surface area contributed by atoms with Gasteiger partial charge in [0.1, 0.15) is 11.4 Å². The van der Waals surface area contributed by atoms with Gasteiger partial charge in [0.2, 0.25) is 0 Å². The summed E-state index contributed by atoms with van der Waals surface area (Å²) in [6, 6.07) is 9.92. The SMILES string of the molecule is CCc1nonc1-c1ccccc1. The Labute approximate surface area is 76.4 Å². The second-order valence-electron chi connectivity index (χ2n) is 2.78. The van der Waals surface area contributed by atoms with Gasteiger partial charge in [-0.3, -0.25) is 0 Å². The van der Waals surface area contributed by atoms with Gasteiger partial charge in [-0.25, -0.2) is 4.63 Å². The van der Waals surface area contributed by atoms with E-state index in [-0.39, 0.29) is 0 Å². The van der Waals surface area contributed by atoms with Crippen molar-refractivity contribution in [1.82, 2.24) is 10.3 Å². The lowest BCUT2D eigenvalue weighted by atomic mass is 10.1. The van der Waals surface area contributed by atoms with Gasteiger partial charge >= 0.3 is 0 Å². The van der Waals surface area contributed by atoms with Gasteiger partial charge in [0.15, 0.2) is 0 Å². The van der Waals surface area contributed by atoms with Crippen LogP contribution in [0.15, 0.2) is 35.0 Å². The van der Waals surface area contributed by atoms with Crippen LogP contribution in [0, 0.1) is 0 Å². The van der Waals surface area contributed by atoms with E-state index in [4.69, 9.17) is 4.63 Å². The van der Waals surface area contributed by atoms with Gasteiger partial charge in [-0.05, 0) is 11.6 Å². The molecular formula is C10H10N2O. The molecule has 0 radical (unpaired) electrons. The standard InChI is InChI=1S/C10H10N2O/c1-2-9-10(12-13-11-9)8-6-4-3-5-7-8/h3-7H,2H2,1H3. The van der Waals surface area contributed by atoms with Gasteiger partial charge in [-0.2, -0.15) is 0 Å². The Hall–Kier alpha value is -1.64. The molecule has 3 nitrogen and oxygen atoms in total. The topological polar surface area (TPSA) is 38.9 Å². The molecule has 3 heteroatoms. The monoisotopic (exact) mass is 174 g/mol. The molecule has 2 aromatic rings. The van der Waals surface area contributed by atoms with E-state index in [2.05, 4.69) is 10.3 Å². The number of nitrogens with zero attached hydrogens (tertiary/aromatic N) is 2. The molecule has 13 heavy (non-hydrogen) atoms. The summed E-state index contributed by atoms with van der Waals surface area (Å²) in [6.45, 7) is 2.03. The number of aromatic nitrogens is 2. The van der Waals surface area contributed by atoms with Crippen molar-refractivity contribution in [3.8, 4) is 11.3 Å². The van der Waals surface area contributed by atoms with E-state index >= 15 is 0 Å². The first-order chi connectivity index (χ1) is 6.42. The summed E-state index contributed by atoms with van der Waals surface area (Å²) in [6.07, 6.45) is 0.841. The predicted molar refractivity (Wildman–Crippen MR) is 49.1 cm³/mol. The molecule has 0 spiro atoms. The van der Waals surface area contributed by atoms with Crippen molar-refractivity contribution in [2.75, 3.05) is 0 Å². The smallest absolute Gasteiger partial charge is 0.138 e. The van der Waals surface area contributed by atoms with Crippen LogP contribution in [0.2, 0.25) is 0 Å². The van der Waals surface area contributed by atoms with Gasteiger partial charge in [-0.15, -0.1) is 0 Å². The fourth-order valence-electron chi connectivity index (χ4n) is 1.25. The molecule has 1 aromatic carbocycles. The summed E-state index contributed by atoms with van der Waals surface area (Å²) < 4.78 is 4.69. The van der Waals surface area contributed by atoms with Gasteiger partial charge in [0, 0.05) is 5.56 Å². The molecule has 0 N–H and O–H groups in total. The van der Waals surface area contributed by atoms with Crippen LogP contribution in [0.3, 0.4) is 0 Å². The van der Waals surface area contributed by atoms with E-state index in [0.29, 0.717) is 0 Å². The first-order valence-corrected chi connectivity index (χ1v) is 4.28. The predicted octanol–water partition coefficient (Wildman–Crippen LogP) is 2.30. The minimum absolute atomic E-state index is 0.841. The Morgan fingerprint density at radius 2 is 1.92 bits per heavy atom. The van der Waals surface area contributed by atoms with Crippen LogP contribution in [0.1, 0.15) is 12.6 Å². The third kappa shape index (κ3) is 1.45. The Morgan fingerprint density at radius 3 is 2.62 bits per heavy atom. The quantitative estimate of drug-likeness (QED) is 0.701. The van der Waals surface area contributed by atoms with Crippen LogP contribution >= 0.6 is 0 Å². The summed E-state index contributed by atoms with van der Waals surface area (Å²) in [5, 5.41) is 7.70. The van der Waals surface area contributed by atoms with Crippen molar-refractivity contribution in [2.45, 2.75) is 13.3 Å². The van der Waals surface area contributed by atoms with Crippen LogP contribution < -0.4 is 0 Å². The van der Waals surface area contributed by atoms with Crippen molar-refractivity contribution in [3.63, 3.8) is 0 Å². The molecule has 0 bridgehead atoms. The van der Waals surface area contributed by atoms with E-state index in [9.17, 15) is 0 Å². The number of aryl methyl sites for hydroxylation is 1. The maximum atomic E-state index is 4.69. The molecule has 0 atom stereocenters. The summed E-state index contributed by atoms with van der Waals surface area (Å²) in [4.78, 5) is 0. The highest BCUT2D eigenvalue weighted by atomic mass is 16.6. The van der Waals surface area contributed by atoms with Crippen LogP contribution in [-0.4, -0.2) is 10.3 Å². The normalized spacial score (nSPS) is 10.2. The molecule has 0 fully saturated rings. The Balaban J connectivity index is 2.47. The maximum Gasteiger partial charge on any atom is 0.138 e. The van der Waals surface area contributed by atoms with Crippen LogP contribution in [0.4, 0.5) is 0 Å². The van der Waals surface area contributed by atoms with Crippen molar-refractivity contribution in [2.24, 2.45) is 0 Å². The molecule has 1 heterocycles. The first kappa shape index (κ1) is 7.98. The third-order valence-electron chi connectivity index (χ3n) is 1.94. The summed E-state index contributed by atoms with van der Waals surface area (Å²) >= 11 is 0. The van der Waals surface area contributed by atoms with Crippen LogP contribution in [0.5, 0.6) is 0 Å². The first-order valence-electron chi connectivity index (χ1n) is 4.28. The van der Waals surface area contributed by atoms with Crippen molar-refractivity contribution >= 4 is 0 Å². The lowest BCUT2D eigenvalue weighted by Crippen LogP contribution is -1.84. The minimum atomic E-state index is 0.841. The lowest BCUT2D eigenvalue weighted by molar-refractivity contribution is 0.304. The zero-order chi connectivity index (χ0) is 9.10. The fourth-order valence-corrected chi connectivity index (χ4v) is 1.25. The third-order valence-corrected chi connectivity index (χ3v) is 1.94. The zero-order valence-electron chi connectivity index (χ0n) is 7.40. The molecule has 2 rings (SSSR count). The molecule has 0 saturated heterocycles. The highest BCUT2D eigenvalue weighted by molar-refractivity contribution is 5.60. The zero-order valence-corrected chi connectivity index (χ0v) is 7.40. The largest absolute Gasteiger partial charge is 0.244 e. The molecule has 0 amide bonds. The second kappa shape index (κ2) is 3.39. The van der Waals surface area contributed by atoms with E-state index in [0.717, 1.165) is 23.4 Å². The Bertz CT molecular complexity index is 381. The highest BCUT2D eigenvalue weighted by Crippen LogP contribution is 2.19. The maximum absolute atomic E-state index is 4.69. The van der Waals surface area contributed by atoms with Crippen LogP contribution in [-0.2, 0) is 6.42 Å². The lowest BCUT2D eigenvalue weighted by Gasteiger charge is -1.94. The molecule has 0 saturated carbocycles. The van der Waals surface area contributed by atoms with Crippen molar-refractivity contribution < 1.29 is 4.63 Å². The molecule has 0 aliphatic carbocycles. The van der Waals surface area contributed by atoms with Gasteiger partial charge in [-0.1, -0.05) is 42.4 Å².